The molecule has 0 saturated carbocycles. The highest BCUT2D eigenvalue weighted by atomic mass is 79.9. The van der Waals surface area contributed by atoms with E-state index in [9.17, 15) is 4.39 Å². The van der Waals surface area contributed by atoms with Crippen LogP contribution in [0.3, 0.4) is 0 Å². The van der Waals surface area contributed by atoms with Crippen molar-refractivity contribution in [3.05, 3.63) is 39.6 Å². The molecule has 1 aliphatic rings. The highest BCUT2D eigenvalue weighted by molar-refractivity contribution is 9.10. The Kier molecular flexibility index (Phi) is 4.95. The van der Waals surface area contributed by atoms with E-state index in [1.165, 1.54) is 30.9 Å². The van der Waals surface area contributed by atoms with E-state index >= 15 is 0 Å². The Labute approximate surface area is 117 Å². The van der Waals surface area contributed by atoms with Crippen LogP contribution >= 0.6 is 15.9 Å². The Hall–Kier alpha value is -0.670. The molecule has 2 rings (SSSR count). The van der Waals surface area contributed by atoms with Gasteiger partial charge in [-0.25, -0.2) is 4.39 Å². The first kappa shape index (κ1) is 13.8. The van der Waals surface area contributed by atoms with Crippen LogP contribution in [-0.2, 0) is 0 Å². The number of benzene rings is 1. The Balaban J connectivity index is 2.00. The van der Waals surface area contributed by atoms with Gasteiger partial charge in [0.25, 0.3) is 0 Å². The molecule has 98 valence electrons. The summed E-state index contributed by atoms with van der Waals surface area (Å²) in [6, 6.07) is 5.76. The molecule has 0 bridgehead atoms. The molecule has 1 saturated heterocycles. The second-order valence-electron chi connectivity index (χ2n) is 5.02. The van der Waals surface area contributed by atoms with E-state index in [0.29, 0.717) is 10.5 Å². The third-order valence-corrected chi connectivity index (χ3v) is 3.95. The van der Waals surface area contributed by atoms with Gasteiger partial charge in [-0.05, 0) is 66.4 Å². The maximum absolute atomic E-state index is 13.1. The summed E-state index contributed by atoms with van der Waals surface area (Å²) in [7, 11) is 0. The van der Waals surface area contributed by atoms with E-state index in [-0.39, 0.29) is 5.82 Å². The minimum atomic E-state index is -0.209. The minimum absolute atomic E-state index is 0.209. The molecular weight excluding hydrogens is 293 g/mol. The van der Waals surface area contributed by atoms with Gasteiger partial charge in [0.15, 0.2) is 0 Å². The Bertz CT molecular complexity index is 436. The van der Waals surface area contributed by atoms with Crippen molar-refractivity contribution in [1.29, 1.82) is 0 Å². The van der Waals surface area contributed by atoms with Gasteiger partial charge in [0.2, 0.25) is 0 Å². The molecule has 1 aliphatic heterocycles. The lowest BCUT2D eigenvalue weighted by Crippen LogP contribution is -2.33. The highest BCUT2D eigenvalue weighted by Crippen LogP contribution is 2.21. The quantitative estimate of drug-likeness (QED) is 0.865. The number of piperidine rings is 1. The molecule has 1 nitrogen and oxygen atoms in total. The van der Waals surface area contributed by atoms with Gasteiger partial charge in [0.05, 0.1) is 4.47 Å². The second-order valence-corrected chi connectivity index (χ2v) is 5.87. The molecule has 18 heavy (non-hydrogen) atoms. The fraction of sp³-hybridized carbons (Fsp3) is 0.467. The molecule has 1 aromatic rings. The van der Waals surface area contributed by atoms with Gasteiger partial charge in [-0.15, -0.1) is 0 Å². The first-order valence-corrected chi connectivity index (χ1v) is 7.30. The molecule has 0 aliphatic carbocycles. The van der Waals surface area contributed by atoms with Crippen molar-refractivity contribution in [2.75, 3.05) is 6.54 Å². The summed E-state index contributed by atoms with van der Waals surface area (Å²) in [6.45, 7) is 3.29. The molecule has 0 amide bonds. The van der Waals surface area contributed by atoms with Crippen LogP contribution in [0.25, 0.3) is 6.08 Å². The van der Waals surface area contributed by atoms with Crippen LogP contribution in [-0.4, -0.2) is 12.6 Å². The van der Waals surface area contributed by atoms with Crippen LogP contribution in [0.2, 0.25) is 0 Å². The number of nitrogens with one attached hydrogen (secondary N) is 1. The van der Waals surface area contributed by atoms with E-state index in [2.05, 4.69) is 34.2 Å². The molecule has 1 fully saturated rings. The number of halogens is 2. The largest absolute Gasteiger partial charge is 0.314 e. The van der Waals surface area contributed by atoms with Crippen molar-refractivity contribution in [1.82, 2.24) is 5.32 Å². The van der Waals surface area contributed by atoms with Gasteiger partial charge in [0.1, 0.15) is 5.82 Å². The smallest absolute Gasteiger partial charge is 0.137 e. The van der Waals surface area contributed by atoms with Gasteiger partial charge < -0.3 is 5.32 Å². The third-order valence-electron chi connectivity index (χ3n) is 3.34. The summed E-state index contributed by atoms with van der Waals surface area (Å²) >= 11 is 3.22. The van der Waals surface area contributed by atoms with Gasteiger partial charge in [-0.1, -0.05) is 24.1 Å². The fourth-order valence-corrected chi connectivity index (χ4v) is 2.83. The molecule has 1 aromatic carbocycles. The first-order chi connectivity index (χ1) is 8.65. The maximum atomic E-state index is 13.1. The zero-order valence-corrected chi connectivity index (χ0v) is 12.3. The number of hydrogen-bond acceptors (Lipinski definition) is 1. The molecular formula is C15H19BrFN. The Morgan fingerprint density at radius 3 is 3.00 bits per heavy atom. The predicted molar refractivity (Wildman–Crippen MR) is 78.0 cm³/mol. The molecule has 1 unspecified atom stereocenters. The van der Waals surface area contributed by atoms with Gasteiger partial charge in [-0.3, -0.25) is 0 Å². The van der Waals surface area contributed by atoms with Crippen molar-refractivity contribution < 1.29 is 4.39 Å². The van der Waals surface area contributed by atoms with Gasteiger partial charge in [0, 0.05) is 6.04 Å². The molecule has 0 radical (unpaired) electrons. The number of rotatable bonds is 3. The summed E-state index contributed by atoms with van der Waals surface area (Å²) in [5.41, 5.74) is 2.39. The normalized spacial score (nSPS) is 21.1. The molecule has 3 heteroatoms. The Morgan fingerprint density at radius 2 is 2.33 bits per heavy atom. The first-order valence-electron chi connectivity index (χ1n) is 6.51. The summed E-state index contributed by atoms with van der Waals surface area (Å²) in [5, 5.41) is 3.55. The molecule has 1 heterocycles. The lowest BCUT2D eigenvalue weighted by molar-refractivity contribution is 0.399. The Morgan fingerprint density at radius 1 is 1.50 bits per heavy atom. The highest BCUT2D eigenvalue weighted by Gasteiger charge is 2.12. The van der Waals surface area contributed by atoms with E-state index < -0.39 is 0 Å². The standard InChI is InChI=1S/C15H19BrFN/c1-11(9-13-4-2-3-7-18-13)8-12-5-6-15(17)14(16)10-12/h5-6,8,10,13,18H,2-4,7,9H2,1H3/b11-8-. The third kappa shape index (κ3) is 3.92. The minimum Gasteiger partial charge on any atom is -0.314 e. The van der Waals surface area contributed by atoms with Crippen molar-refractivity contribution in [2.24, 2.45) is 0 Å². The van der Waals surface area contributed by atoms with E-state index in [4.69, 9.17) is 0 Å². The molecule has 1 atom stereocenters. The average molecular weight is 312 g/mol. The van der Waals surface area contributed by atoms with Gasteiger partial charge in [-0.2, -0.15) is 0 Å². The summed E-state index contributed by atoms with van der Waals surface area (Å²) in [4.78, 5) is 0. The van der Waals surface area contributed by atoms with Crippen LogP contribution in [0.15, 0.2) is 28.2 Å². The van der Waals surface area contributed by atoms with Gasteiger partial charge >= 0.3 is 0 Å². The summed E-state index contributed by atoms with van der Waals surface area (Å²) in [5.74, 6) is -0.209. The van der Waals surface area contributed by atoms with Crippen LogP contribution in [0.4, 0.5) is 4.39 Å². The second kappa shape index (κ2) is 6.48. The van der Waals surface area contributed by atoms with Crippen molar-refractivity contribution in [3.63, 3.8) is 0 Å². The number of hydrogen-bond donors (Lipinski definition) is 1. The van der Waals surface area contributed by atoms with E-state index in [1.807, 2.05) is 12.1 Å². The lowest BCUT2D eigenvalue weighted by atomic mass is 9.97. The van der Waals surface area contributed by atoms with Crippen molar-refractivity contribution in [3.8, 4) is 0 Å². The zero-order valence-electron chi connectivity index (χ0n) is 10.7. The predicted octanol–water partition coefficient (Wildman–Crippen LogP) is 4.52. The molecule has 0 aromatic heterocycles. The monoisotopic (exact) mass is 311 g/mol. The van der Waals surface area contributed by atoms with E-state index in [0.717, 1.165) is 18.5 Å². The van der Waals surface area contributed by atoms with Crippen LogP contribution in [0, 0.1) is 5.82 Å². The van der Waals surface area contributed by atoms with E-state index in [1.54, 1.807) is 0 Å². The van der Waals surface area contributed by atoms with Crippen LogP contribution in [0.1, 0.15) is 38.2 Å². The molecule has 0 spiro atoms. The SMILES string of the molecule is C/C(=C/c1ccc(F)c(Br)c1)CC1CCCCN1. The summed E-state index contributed by atoms with van der Waals surface area (Å²) in [6.07, 6.45) is 7.10. The lowest BCUT2D eigenvalue weighted by Gasteiger charge is -2.23. The van der Waals surface area contributed by atoms with Crippen LogP contribution in [0.5, 0.6) is 0 Å². The zero-order chi connectivity index (χ0) is 13.0. The topological polar surface area (TPSA) is 12.0 Å². The fourth-order valence-electron chi connectivity index (χ4n) is 2.43. The average Bonchev–Trinajstić information content (AvgIpc) is 2.35. The van der Waals surface area contributed by atoms with Crippen LogP contribution < -0.4 is 5.32 Å². The molecule has 1 N–H and O–H groups in total. The van der Waals surface area contributed by atoms with Crippen molar-refractivity contribution in [2.45, 2.75) is 38.6 Å². The maximum Gasteiger partial charge on any atom is 0.137 e. The van der Waals surface area contributed by atoms with Crippen molar-refractivity contribution >= 4 is 22.0 Å². The summed E-state index contributed by atoms with van der Waals surface area (Å²) < 4.78 is 13.7.